The Morgan fingerprint density at radius 3 is 2.38 bits per heavy atom. The van der Waals surface area contributed by atoms with Crippen molar-refractivity contribution < 1.29 is 19.4 Å². The maximum atomic E-state index is 12.3. The fourth-order valence-corrected chi connectivity index (χ4v) is 2.58. The van der Waals surface area contributed by atoms with E-state index in [0.717, 1.165) is 11.6 Å². The lowest BCUT2D eigenvalue weighted by Gasteiger charge is -2.09. The van der Waals surface area contributed by atoms with E-state index in [2.05, 4.69) is 10.4 Å². The van der Waals surface area contributed by atoms with Crippen LogP contribution >= 0.6 is 11.6 Å². The Labute approximate surface area is 167 Å². The minimum absolute atomic E-state index is 0.0213. The number of halogens is 1. The first-order chi connectivity index (χ1) is 13.7. The monoisotopic (exact) mass is 417 g/mol. The van der Waals surface area contributed by atoms with Gasteiger partial charge in [0.25, 0.3) is 11.6 Å². The number of hydrogen-bond acceptors (Lipinski definition) is 7. The molecule has 2 N–H and O–H groups in total. The van der Waals surface area contributed by atoms with E-state index in [0.29, 0.717) is 5.75 Å². The van der Waals surface area contributed by atoms with E-state index in [4.69, 9.17) is 16.3 Å². The summed E-state index contributed by atoms with van der Waals surface area (Å²) in [6.07, 6.45) is 0. The van der Waals surface area contributed by atoms with Crippen molar-refractivity contribution in [2.45, 2.75) is 6.92 Å². The average Bonchev–Trinajstić information content (AvgIpc) is 3.05. The number of benzene rings is 2. The number of carbonyl (C=O) groups excluding carboxylic acids is 1. The molecule has 1 amide bonds. The molecule has 1 heterocycles. The molecule has 0 aliphatic heterocycles. The number of carbonyl (C=O) groups is 1. The molecule has 0 aliphatic rings. The highest BCUT2D eigenvalue weighted by atomic mass is 35.5. The molecule has 11 nitrogen and oxygen atoms in total. The lowest BCUT2D eigenvalue weighted by Crippen LogP contribution is -2.13. The van der Waals surface area contributed by atoms with Gasteiger partial charge >= 0.3 is 5.82 Å². The minimum atomic E-state index is -0.888. The van der Waals surface area contributed by atoms with Crippen molar-refractivity contribution in [3.05, 3.63) is 79.0 Å². The van der Waals surface area contributed by atoms with Gasteiger partial charge < -0.3 is 20.2 Å². The molecule has 29 heavy (non-hydrogen) atoms. The van der Waals surface area contributed by atoms with Crippen molar-refractivity contribution in [2.24, 2.45) is 0 Å². The van der Waals surface area contributed by atoms with Gasteiger partial charge in [0.15, 0.2) is 10.7 Å². The zero-order valence-corrected chi connectivity index (χ0v) is 15.5. The summed E-state index contributed by atoms with van der Waals surface area (Å²) >= 11 is 5.78. The van der Waals surface area contributed by atoms with E-state index in [9.17, 15) is 25.0 Å². The number of nitrogens with zero attached hydrogens (tertiary/aromatic N) is 3. The Bertz CT molecular complexity index is 1110. The number of ether oxygens (including phenoxy) is 1. The van der Waals surface area contributed by atoms with Crippen LogP contribution in [0.2, 0.25) is 5.02 Å². The minimum Gasteiger partial charge on any atom is -0.457 e. The SMILES string of the molecule is Cc1ccc(Oc2cc(NC(=O)c3n[nH]c([N+](=O)[O-])c3Cl)cc([N+](=O)[O-])c2)cc1. The molecule has 12 heteroatoms. The molecule has 0 spiro atoms. The highest BCUT2D eigenvalue weighted by Crippen LogP contribution is 2.31. The maximum absolute atomic E-state index is 12.3. The Hall–Kier alpha value is -3.99. The third kappa shape index (κ3) is 4.47. The van der Waals surface area contributed by atoms with E-state index in [1.807, 2.05) is 24.2 Å². The first kappa shape index (κ1) is 19.8. The van der Waals surface area contributed by atoms with Crippen LogP contribution < -0.4 is 10.1 Å². The van der Waals surface area contributed by atoms with E-state index < -0.39 is 32.3 Å². The molecule has 0 atom stereocenters. The predicted octanol–water partition coefficient (Wildman–Crippen LogP) is 4.23. The number of H-pyrrole nitrogens is 1. The van der Waals surface area contributed by atoms with E-state index >= 15 is 0 Å². The van der Waals surface area contributed by atoms with Gasteiger partial charge in [-0.25, -0.2) is 0 Å². The number of non-ortho nitro benzene ring substituents is 1. The number of nitro groups is 2. The summed E-state index contributed by atoms with van der Waals surface area (Å²) in [5.74, 6) is -0.975. The fraction of sp³-hybridized carbons (Fsp3) is 0.0588. The first-order valence-corrected chi connectivity index (χ1v) is 8.36. The molecule has 0 aliphatic carbocycles. The van der Waals surface area contributed by atoms with Crippen molar-refractivity contribution in [1.82, 2.24) is 10.2 Å². The Balaban J connectivity index is 1.89. The highest BCUT2D eigenvalue weighted by Gasteiger charge is 2.25. The zero-order valence-electron chi connectivity index (χ0n) is 14.7. The normalized spacial score (nSPS) is 10.4. The molecule has 1 aromatic heterocycles. The fourth-order valence-electron chi connectivity index (χ4n) is 2.34. The van der Waals surface area contributed by atoms with Gasteiger partial charge in [-0.3, -0.25) is 14.9 Å². The van der Waals surface area contributed by atoms with Crippen LogP contribution in [0.15, 0.2) is 42.5 Å². The summed E-state index contributed by atoms with van der Waals surface area (Å²) < 4.78 is 5.62. The number of amides is 1. The van der Waals surface area contributed by atoms with Gasteiger partial charge in [-0.2, -0.15) is 0 Å². The van der Waals surface area contributed by atoms with E-state index in [1.54, 1.807) is 12.1 Å². The van der Waals surface area contributed by atoms with Crippen LogP contribution in [0.5, 0.6) is 11.5 Å². The number of aryl methyl sites for hydroxylation is 1. The van der Waals surface area contributed by atoms with Crippen LogP contribution in [0.25, 0.3) is 0 Å². The van der Waals surface area contributed by atoms with Crippen molar-refractivity contribution in [2.75, 3.05) is 5.32 Å². The lowest BCUT2D eigenvalue weighted by atomic mass is 10.2. The van der Waals surface area contributed by atoms with E-state index in [-0.39, 0.29) is 17.1 Å². The van der Waals surface area contributed by atoms with Crippen molar-refractivity contribution in [1.29, 1.82) is 0 Å². The van der Waals surface area contributed by atoms with Crippen molar-refractivity contribution in [3.8, 4) is 11.5 Å². The number of aromatic amines is 1. The standard InChI is InChI=1S/C17H12ClN5O6/c1-9-2-4-12(5-3-9)29-13-7-10(6-11(8-13)22(25)26)19-17(24)15-14(18)16(21-20-15)23(27)28/h2-8H,1H3,(H,19,24)(H,20,21). The summed E-state index contributed by atoms with van der Waals surface area (Å²) in [4.78, 5) is 32.9. The summed E-state index contributed by atoms with van der Waals surface area (Å²) in [6, 6.07) is 10.7. The van der Waals surface area contributed by atoms with Gasteiger partial charge in [0.2, 0.25) is 0 Å². The summed E-state index contributed by atoms with van der Waals surface area (Å²) in [5.41, 5.74) is 0.275. The quantitative estimate of drug-likeness (QED) is 0.449. The van der Waals surface area contributed by atoms with Gasteiger partial charge in [-0.05, 0) is 24.0 Å². The molecule has 148 valence electrons. The second kappa shape index (κ2) is 7.94. The summed E-state index contributed by atoms with van der Waals surface area (Å²) in [7, 11) is 0. The number of aromatic nitrogens is 2. The maximum Gasteiger partial charge on any atom is 0.362 e. The predicted molar refractivity (Wildman–Crippen MR) is 103 cm³/mol. The lowest BCUT2D eigenvalue weighted by molar-refractivity contribution is -0.389. The summed E-state index contributed by atoms with van der Waals surface area (Å²) in [6.45, 7) is 1.90. The number of anilines is 1. The first-order valence-electron chi connectivity index (χ1n) is 7.98. The van der Waals surface area contributed by atoms with Crippen molar-refractivity contribution in [3.63, 3.8) is 0 Å². The number of nitrogens with one attached hydrogen (secondary N) is 2. The highest BCUT2D eigenvalue weighted by molar-refractivity contribution is 6.35. The van der Waals surface area contributed by atoms with Gasteiger partial charge in [0.1, 0.15) is 11.5 Å². The Morgan fingerprint density at radius 2 is 1.79 bits per heavy atom. The van der Waals surface area contributed by atoms with Crippen LogP contribution in [-0.4, -0.2) is 26.0 Å². The molecule has 0 radical (unpaired) electrons. The third-order valence-corrected chi connectivity index (χ3v) is 4.06. The molecule has 3 rings (SSSR count). The second-order valence-corrected chi connectivity index (χ2v) is 6.21. The molecule has 0 saturated heterocycles. The Morgan fingerprint density at radius 1 is 1.10 bits per heavy atom. The molecular formula is C17H12ClN5O6. The van der Waals surface area contributed by atoms with Crippen LogP contribution in [0.1, 0.15) is 16.1 Å². The molecule has 3 aromatic rings. The van der Waals surface area contributed by atoms with E-state index in [1.165, 1.54) is 12.1 Å². The largest absolute Gasteiger partial charge is 0.457 e. The molecule has 2 aromatic carbocycles. The zero-order chi connectivity index (χ0) is 21.1. The van der Waals surface area contributed by atoms with Crippen LogP contribution in [0.3, 0.4) is 0 Å². The number of rotatable bonds is 6. The number of nitro benzene ring substituents is 1. The number of hydrogen-bond donors (Lipinski definition) is 2. The summed E-state index contributed by atoms with van der Waals surface area (Å²) in [5, 5.41) is 29.5. The van der Waals surface area contributed by atoms with Crippen molar-refractivity contribution >= 4 is 34.7 Å². The smallest absolute Gasteiger partial charge is 0.362 e. The third-order valence-electron chi connectivity index (χ3n) is 3.70. The van der Waals surface area contributed by atoms with Gasteiger partial charge in [-0.1, -0.05) is 34.4 Å². The molecular weight excluding hydrogens is 406 g/mol. The molecule has 0 saturated carbocycles. The van der Waals surface area contributed by atoms with Gasteiger partial charge in [0, 0.05) is 12.1 Å². The Kier molecular flexibility index (Phi) is 5.41. The average molecular weight is 418 g/mol. The van der Waals surface area contributed by atoms with Crippen LogP contribution in [0.4, 0.5) is 17.2 Å². The van der Waals surface area contributed by atoms with Crippen LogP contribution in [-0.2, 0) is 0 Å². The second-order valence-electron chi connectivity index (χ2n) is 5.83. The topological polar surface area (TPSA) is 153 Å². The molecule has 0 unspecified atom stereocenters. The van der Waals surface area contributed by atoms with Gasteiger partial charge in [-0.15, -0.1) is 5.10 Å². The van der Waals surface area contributed by atoms with Crippen LogP contribution in [0, 0.1) is 27.2 Å². The molecule has 0 bridgehead atoms. The molecule has 0 fully saturated rings. The van der Waals surface area contributed by atoms with Gasteiger partial charge in [0.05, 0.1) is 16.7 Å².